The maximum absolute atomic E-state index is 5.52. The fourth-order valence-electron chi connectivity index (χ4n) is 2.05. The number of halogens is 1. The molecule has 0 aliphatic carbocycles. The Morgan fingerprint density at radius 1 is 1.17 bits per heavy atom. The Balaban J connectivity index is 0.00000288. The van der Waals surface area contributed by atoms with E-state index in [1.54, 1.807) is 31.3 Å². The van der Waals surface area contributed by atoms with Gasteiger partial charge in [-0.15, -0.1) is 12.4 Å². The summed E-state index contributed by atoms with van der Waals surface area (Å²) >= 11 is 1.68. The Morgan fingerprint density at radius 3 is 2.67 bits per heavy atom. The second kappa shape index (κ2) is 11.9. The molecule has 2 aromatic rings. The molecule has 0 bridgehead atoms. The normalized spacial score (nSPS) is 10.1. The molecule has 0 atom stereocenters. The van der Waals surface area contributed by atoms with Gasteiger partial charge in [-0.2, -0.15) is 0 Å². The number of hydrogen-bond acceptors (Lipinski definition) is 6. The zero-order chi connectivity index (χ0) is 16.3. The van der Waals surface area contributed by atoms with Crippen molar-refractivity contribution in [2.24, 2.45) is 0 Å². The molecule has 0 spiro atoms. The van der Waals surface area contributed by atoms with E-state index in [4.69, 9.17) is 9.47 Å². The van der Waals surface area contributed by atoms with E-state index in [-0.39, 0.29) is 12.4 Å². The minimum Gasteiger partial charge on any atom is -0.493 e. The molecule has 0 radical (unpaired) electrons. The SMILES string of the molecule is CCOc1ccc(CNCCCSc2ncccn2)cc1OC.Cl. The van der Waals surface area contributed by atoms with Crippen molar-refractivity contribution in [3.8, 4) is 11.5 Å². The Hall–Kier alpha value is -1.50. The number of rotatable bonds is 10. The third kappa shape index (κ3) is 6.95. The van der Waals surface area contributed by atoms with Gasteiger partial charge >= 0.3 is 0 Å². The number of ether oxygens (including phenoxy) is 2. The lowest BCUT2D eigenvalue weighted by Crippen LogP contribution is -2.15. The van der Waals surface area contributed by atoms with Gasteiger partial charge in [-0.3, -0.25) is 0 Å². The summed E-state index contributed by atoms with van der Waals surface area (Å²) in [5.74, 6) is 2.57. The highest BCUT2D eigenvalue weighted by molar-refractivity contribution is 7.99. The van der Waals surface area contributed by atoms with Crippen LogP contribution in [-0.4, -0.2) is 36.0 Å². The minimum absolute atomic E-state index is 0. The first kappa shape index (κ1) is 20.5. The third-order valence-corrected chi connectivity index (χ3v) is 4.09. The molecule has 0 unspecified atom stereocenters. The summed E-state index contributed by atoms with van der Waals surface area (Å²) in [6, 6.07) is 7.87. The summed E-state index contributed by atoms with van der Waals surface area (Å²) in [4.78, 5) is 8.38. The van der Waals surface area contributed by atoms with Crippen molar-refractivity contribution in [2.75, 3.05) is 26.0 Å². The standard InChI is InChI=1S/C17H23N3O2S.ClH/c1-3-22-15-7-6-14(12-16(15)21-2)13-18-8-5-11-23-17-19-9-4-10-20-17;/h4,6-7,9-10,12,18H,3,5,8,11,13H2,1-2H3;1H. The first-order valence-electron chi connectivity index (χ1n) is 7.73. The van der Waals surface area contributed by atoms with Gasteiger partial charge in [0, 0.05) is 24.7 Å². The first-order valence-corrected chi connectivity index (χ1v) is 8.72. The minimum atomic E-state index is 0. The predicted octanol–water partition coefficient (Wildman–Crippen LogP) is 3.58. The molecule has 0 saturated heterocycles. The van der Waals surface area contributed by atoms with Gasteiger partial charge in [0.1, 0.15) is 0 Å². The van der Waals surface area contributed by atoms with E-state index in [1.165, 1.54) is 5.56 Å². The van der Waals surface area contributed by atoms with Gasteiger partial charge in [0.25, 0.3) is 0 Å². The number of nitrogens with zero attached hydrogens (tertiary/aromatic N) is 2. The Morgan fingerprint density at radius 2 is 1.96 bits per heavy atom. The van der Waals surface area contributed by atoms with Gasteiger partial charge in [-0.05, 0) is 43.7 Å². The van der Waals surface area contributed by atoms with E-state index in [9.17, 15) is 0 Å². The molecular weight excluding hydrogens is 346 g/mol. The molecule has 24 heavy (non-hydrogen) atoms. The monoisotopic (exact) mass is 369 g/mol. The summed E-state index contributed by atoms with van der Waals surface area (Å²) in [7, 11) is 1.66. The fourth-order valence-corrected chi connectivity index (χ4v) is 2.79. The second-order valence-electron chi connectivity index (χ2n) is 4.83. The molecule has 1 heterocycles. The highest BCUT2D eigenvalue weighted by Gasteiger charge is 2.05. The van der Waals surface area contributed by atoms with Crippen molar-refractivity contribution in [1.29, 1.82) is 0 Å². The van der Waals surface area contributed by atoms with Crippen LogP contribution >= 0.6 is 24.2 Å². The van der Waals surface area contributed by atoms with Crippen LogP contribution in [0.4, 0.5) is 0 Å². The topological polar surface area (TPSA) is 56.3 Å². The van der Waals surface area contributed by atoms with E-state index in [0.29, 0.717) is 6.61 Å². The average Bonchev–Trinajstić information content (AvgIpc) is 2.60. The van der Waals surface area contributed by atoms with Crippen molar-refractivity contribution in [2.45, 2.75) is 25.0 Å². The van der Waals surface area contributed by atoms with Gasteiger partial charge in [0.15, 0.2) is 16.7 Å². The van der Waals surface area contributed by atoms with Gasteiger partial charge in [-0.25, -0.2) is 9.97 Å². The lowest BCUT2D eigenvalue weighted by molar-refractivity contribution is 0.310. The molecule has 0 fully saturated rings. The van der Waals surface area contributed by atoms with Crippen LogP contribution in [0, 0.1) is 0 Å². The maximum atomic E-state index is 5.52. The van der Waals surface area contributed by atoms with E-state index in [2.05, 4.69) is 21.4 Å². The molecule has 132 valence electrons. The number of benzene rings is 1. The molecule has 0 aliphatic heterocycles. The summed E-state index contributed by atoms with van der Waals surface area (Å²) < 4.78 is 10.9. The number of thioether (sulfide) groups is 1. The summed E-state index contributed by atoms with van der Waals surface area (Å²) in [6.07, 6.45) is 4.61. The largest absolute Gasteiger partial charge is 0.493 e. The maximum Gasteiger partial charge on any atom is 0.187 e. The summed E-state index contributed by atoms with van der Waals surface area (Å²) in [5.41, 5.74) is 1.18. The molecule has 1 aromatic heterocycles. The van der Waals surface area contributed by atoms with Crippen LogP contribution in [0.2, 0.25) is 0 Å². The van der Waals surface area contributed by atoms with Crippen molar-refractivity contribution >= 4 is 24.2 Å². The molecule has 0 amide bonds. The lowest BCUT2D eigenvalue weighted by Gasteiger charge is -2.11. The van der Waals surface area contributed by atoms with Crippen molar-refractivity contribution in [3.63, 3.8) is 0 Å². The Bertz CT molecular complexity index is 587. The summed E-state index contributed by atoms with van der Waals surface area (Å²) in [5, 5.41) is 4.28. The zero-order valence-corrected chi connectivity index (χ0v) is 15.7. The Kier molecular flexibility index (Phi) is 10.2. The molecule has 5 nitrogen and oxygen atoms in total. The molecule has 2 rings (SSSR count). The van der Waals surface area contributed by atoms with Crippen molar-refractivity contribution < 1.29 is 9.47 Å². The van der Waals surface area contributed by atoms with Crippen LogP contribution in [0.15, 0.2) is 41.8 Å². The van der Waals surface area contributed by atoms with Crippen molar-refractivity contribution in [3.05, 3.63) is 42.2 Å². The Labute approximate surface area is 154 Å². The molecular formula is C17H24ClN3O2S. The number of aromatic nitrogens is 2. The lowest BCUT2D eigenvalue weighted by atomic mass is 10.2. The van der Waals surface area contributed by atoms with Crippen LogP contribution in [-0.2, 0) is 6.54 Å². The van der Waals surface area contributed by atoms with E-state index >= 15 is 0 Å². The molecule has 0 aliphatic rings. The molecule has 7 heteroatoms. The number of nitrogens with one attached hydrogen (secondary N) is 1. The van der Waals surface area contributed by atoms with Gasteiger partial charge in [0.2, 0.25) is 0 Å². The van der Waals surface area contributed by atoms with Gasteiger partial charge in [-0.1, -0.05) is 17.8 Å². The predicted molar refractivity (Wildman–Crippen MR) is 100 cm³/mol. The van der Waals surface area contributed by atoms with Crippen LogP contribution in [0.5, 0.6) is 11.5 Å². The number of methoxy groups -OCH3 is 1. The molecule has 1 N–H and O–H groups in total. The quantitative estimate of drug-likeness (QED) is 0.392. The highest BCUT2D eigenvalue weighted by atomic mass is 35.5. The van der Waals surface area contributed by atoms with Gasteiger partial charge in [0.05, 0.1) is 13.7 Å². The highest BCUT2D eigenvalue weighted by Crippen LogP contribution is 2.27. The first-order chi connectivity index (χ1) is 11.3. The molecule has 0 saturated carbocycles. The second-order valence-corrected chi connectivity index (χ2v) is 5.89. The van der Waals surface area contributed by atoms with E-state index in [1.807, 2.05) is 25.1 Å². The van der Waals surface area contributed by atoms with Crippen molar-refractivity contribution in [1.82, 2.24) is 15.3 Å². The van der Waals surface area contributed by atoms with Crippen LogP contribution in [0.1, 0.15) is 18.9 Å². The van der Waals surface area contributed by atoms with Crippen LogP contribution in [0.3, 0.4) is 0 Å². The number of hydrogen-bond donors (Lipinski definition) is 1. The van der Waals surface area contributed by atoms with Gasteiger partial charge < -0.3 is 14.8 Å². The average molecular weight is 370 g/mol. The van der Waals surface area contributed by atoms with Crippen LogP contribution in [0.25, 0.3) is 0 Å². The van der Waals surface area contributed by atoms with E-state index in [0.717, 1.165) is 41.9 Å². The van der Waals surface area contributed by atoms with E-state index < -0.39 is 0 Å². The third-order valence-electron chi connectivity index (χ3n) is 3.13. The fraction of sp³-hybridized carbons (Fsp3) is 0.412. The smallest absolute Gasteiger partial charge is 0.187 e. The van der Waals surface area contributed by atoms with Crippen LogP contribution < -0.4 is 14.8 Å². The summed E-state index contributed by atoms with van der Waals surface area (Å²) in [6.45, 7) is 4.37. The molecule has 1 aromatic carbocycles. The zero-order valence-electron chi connectivity index (χ0n) is 14.0.